The first-order valence-electron chi connectivity index (χ1n) is 5.44. The van der Waals surface area contributed by atoms with Crippen LogP contribution in [0.2, 0.25) is 0 Å². The zero-order valence-electron chi connectivity index (χ0n) is 9.07. The van der Waals surface area contributed by atoms with Gasteiger partial charge in [0.15, 0.2) is 0 Å². The molecule has 1 heterocycles. The Hall–Kier alpha value is -0.860. The van der Waals surface area contributed by atoms with E-state index in [-0.39, 0.29) is 0 Å². The van der Waals surface area contributed by atoms with Crippen LogP contribution < -0.4 is 0 Å². The van der Waals surface area contributed by atoms with Gasteiger partial charge in [0.1, 0.15) is 0 Å². The molecule has 2 aromatic rings. The van der Waals surface area contributed by atoms with Gasteiger partial charge in [-0.25, -0.2) is 0 Å². The second kappa shape index (κ2) is 4.19. The summed E-state index contributed by atoms with van der Waals surface area (Å²) in [6.45, 7) is 2.20. The molecule has 1 aliphatic rings. The van der Waals surface area contributed by atoms with Crippen molar-refractivity contribution in [1.82, 2.24) is 0 Å². The quantitative estimate of drug-likeness (QED) is 0.599. The molecule has 0 aliphatic carbocycles. The highest BCUT2D eigenvalue weighted by atomic mass is 32.2. The molecule has 0 amide bonds. The van der Waals surface area contributed by atoms with Gasteiger partial charge >= 0.3 is 0 Å². The monoisotopic (exact) mass is 244 g/mol. The predicted molar refractivity (Wildman–Crippen MR) is 70.5 cm³/mol. The topological polar surface area (TPSA) is 0 Å². The lowest BCUT2D eigenvalue weighted by Gasteiger charge is -2.18. The van der Waals surface area contributed by atoms with Crippen LogP contribution in [-0.2, 0) is 6.42 Å². The SMILES string of the molecule is CCc1ccc2c(c1)Sc1ccccc1S2. The average molecular weight is 244 g/mol. The Kier molecular flexibility index (Phi) is 2.70. The predicted octanol–water partition coefficient (Wildman–Crippen LogP) is 4.86. The summed E-state index contributed by atoms with van der Waals surface area (Å²) < 4.78 is 0. The van der Waals surface area contributed by atoms with Gasteiger partial charge < -0.3 is 0 Å². The number of fused-ring (bicyclic) bond motifs is 2. The molecule has 0 nitrogen and oxygen atoms in total. The minimum absolute atomic E-state index is 1.11. The molecule has 2 aromatic carbocycles. The lowest BCUT2D eigenvalue weighted by atomic mass is 10.2. The number of rotatable bonds is 1. The van der Waals surface area contributed by atoms with Gasteiger partial charge in [0.2, 0.25) is 0 Å². The van der Waals surface area contributed by atoms with Gasteiger partial charge in [-0.2, -0.15) is 0 Å². The van der Waals surface area contributed by atoms with E-state index in [4.69, 9.17) is 0 Å². The van der Waals surface area contributed by atoms with E-state index in [1.165, 1.54) is 25.1 Å². The summed E-state index contributed by atoms with van der Waals surface area (Å²) in [5, 5.41) is 0. The Labute approximate surface area is 104 Å². The molecule has 3 rings (SSSR count). The van der Waals surface area contributed by atoms with E-state index in [9.17, 15) is 0 Å². The molecule has 0 saturated heterocycles. The van der Waals surface area contributed by atoms with Crippen LogP contribution in [0.15, 0.2) is 62.0 Å². The van der Waals surface area contributed by atoms with Gasteiger partial charge in [-0.3, -0.25) is 0 Å². The van der Waals surface area contributed by atoms with Crippen LogP contribution >= 0.6 is 23.5 Å². The van der Waals surface area contributed by atoms with Crippen molar-refractivity contribution >= 4 is 23.5 Å². The van der Waals surface area contributed by atoms with E-state index in [1.54, 1.807) is 0 Å². The largest absolute Gasteiger partial charge is 0.0877 e. The summed E-state index contributed by atoms with van der Waals surface area (Å²) in [4.78, 5) is 5.56. The third-order valence-electron chi connectivity index (χ3n) is 2.71. The molecule has 2 heteroatoms. The van der Waals surface area contributed by atoms with Crippen molar-refractivity contribution in [2.75, 3.05) is 0 Å². The molecule has 0 unspecified atom stereocenters. The lowest BCUT2D eigenvalue weighted by Crippen LogP contribution is -1.90. The maximum atomic E-state index is 2.32. The van der Waals surface area contributed by atoms with Crippen LogP contribution in [0, 0.1) is 0 Å². The Balaban J connectivity index is 2.05. The molecule has 0 N–H and O–H groups in total. The summed E-state index contributed by atoms with van der Waals surface area (Å²) >= 11 is 3.77. The molecule has 0 fully saturated rings. The molecule has 0 saturated carbocycles. The van der Waals surface area contributed by atoms with Crippen molar-refractivity contribution in [3.05, 3.63) is 48.0 Å². The van der Waals surface area contributed by atoms with Crippen molar-refractivity contribution < 1.29 is 0 Å². The molecule has 80 valence electrons. The number of hydrogen-bond donors (Lipinski definition) is 0. The van der Waals surface area contributed by atoms with Gasteiger partial charge in [-0.15, -0.1) is 0 Å². The van der Waals surface area contributed by atoms with Crippen molar-refractivity contribution in [2.24, 2.45) is 0 Å². The molecule has 16 heavy (non-hydrogen) atoms. The molecule has 0 aromatic heterocycles. The highest BCUT2D eigenvalue weighted by molar-refractivity contribution is 8.05. The van der Waals surface area contributed by atoms with Gasteiger partial charge in [-0.05, 0) is 36.2 Å². The van der Waals surface area contributed by atoms with Crippen LogP contribution in [0.4, 0.5) is 0 Å². The number of hydrogen-bond acceptors (Lipinski definition) is 2. The molecule has 0 radical (unpaired) electrons. The van der Waals surface area contributed by atoms with Crippen LogP contribution in [0.1, 0.15) is 12.5 Å². The van der Waals surface area contributed by atoms with Gasteiger partial charge in [-0.1, -0.05) is 48.6 Å². The summed E-state index contributed by atoms with van der Waals surface area (Å²) in [5.74, 6) is 0. The second-order valence-corrected chi connectivity index (χ2v) is 5.95. The summed E-state index contributed by atoms with van der Waals surface area (Å²) in [6, 6.07) is 15.4. The van der Waals surface area contributed by atoms with Crippen LogP contribution in [0.25, 0.3) is 0 Å². The smallest absolute Gasteiger partial charge is 0.0265 e. The third kappa shape index (κ3) is 1.76. The average Bonchev–Trinajstić information content (AvgIpc) is 2.35. The summed E-state index contributed by atoms with van der Waals surface area (Å²) in [6.07, 6.45) is 1.11. The zero-order chi connectivity index (χ0) is 11.0. The lowest BCUT2D eigenvalue weighted by molar-refractivity contribution is 1.08. The highest BCUT2D eigenvalue weighted by Gasteiger charge is 2.16. The van der Waals surface area contributed by atoms with Crippen molar-refractivity contribution in [3.63, 3.8) is 0 Å². The minimum Gasteiger partial charge on any atom is -0.0877 e. The van der Waals surface area contributed by atoms with Crippen molar-refractivity contribution in [2.45, 2.75) is 32.9 Å². The molecular weight excluding hydrogens is 232 g/mol. The maximum Gasteiger partial charge on any atom is 0.0265 e. The maximum absolute atomic E-state index is 2.32. The third-order valence-corrected chi connectivity index (χ3v) is 5.25. The van der Waals surface area contributed by atoms with E-state index < -0.39 is 0 Å². The van der Waals surface area contributed by atoms with E-state index in [2.05, 4.69) is 49.4 Å². The summed E-state index contributed by atoms with van der Waals surface area (Å²) in [5.41, 5.74) is 1.42. The van der Waals surface area contributed by atoms with Crippen molar-refractivity contribution in [3.8, 4) is 0 Å². The van der Waals surface area contributed by atoms with Gasteiger partial charge in [0, 0.05) is 19.6 Å². The van der Waals surface area contributed by atoms with E-state index in [0.717, 1.165) is 6.42 Å². The van der Waals surface area contributed by atoms with Gasteiger partial charge in [0.25, 0.3) is 0 Å². The first-order valence-corrected chi connectivity index (χ1v) is 7.08. The first-order chi connectivity index (χ1) is 7.86. The molecule has 0 bridgehead atoms. The Morgan fingerprint density at radius 3 is 2.12 bits per heavy atom. The standard InChI is InChI=1S/C14H12S2/c1-2-10-7-8-13-14(9-10)16-12-6-4-3-5-11(12)15-13/h3-9H,2H2,1H3. The second-order valence-electron chi connectivity index (χ2n) is 3.79. The molecule has 0 atom stereocenters. The normalized spacial score (nSPS) is 13.1. The Morgan fingerprint density at radius 1 is 0.812 bits per heavy atom. The fourth-order valence-corrected chi connectivity index (χ4v) is 4.07. The van der Waals surface area contributed by atoms with Crippen LogP contribution in [0.3, 0.4) is 0 Å². The number of benzene rings is 2. The molecule has 1 aliphatic heterocycles. The van der Waals surface area contributed by atoms with Crippen LogP contribution in [-0.4, -0.2) is 0 Å². The number of aryl methyl sites for hydroxylation is 1. The van der Waals surface area contributed by atoms with E-state index >= 15 is 0 Å². The highest BCUT2D eigenvalue weighted by Crippen LogP contribution is 2.48. The molecular formula is C14H12S2. The van der Waals surface area contributed by atoms with Gasteiger partial charge in [0.05, 0.1) is 0 Å². The minimum atomic E-state index is 1.11. The molecule has 0 spiro atoms. The summed E-state index contributed by atoms with van der Waals surface area (Å²) in [7, 11) is 0. The Bertz CT molecular complexity index is 532. The van der Waals surface area contributed by atoms with E-state index in [0.29, 0.717) is 0 Å². The zero-order valence-corrected chi connectivity index (χ0v) is 10.7. The van der Waals surface area contributed by atoms with Crippen LogP contribution in [0.5, 0.6) is 0 Å². The first kappa shape index (κ1) is 10.3. The van der Waals surface area contributed by atoms with E-state index in [1.807, 2.05) is 23.5 Å². The van der Waals surface area contributed by atoms with Crippen molar-refractivity contribution in [1.29, 1.82) is 0 Å². The Morgan fingerprint density at radius 2 is 1.44 bits per heavy atom. The fourth-order valence-electron chi connectivity index (χ4n) is 1.79. The fraction of sp³-hybridized carbons (Fsp3) is 0.143.